The lowest BCUT2D eigenvalue weighted by Gasteiger charge is -2.39. The van der Waals surface area contributed by atoms with E-state index < -0.39 is 93.5 Å². The van der Waals surface area contributed by atoms with Crippen LogP contribution in [0.15, 0.2) is 24.3 Å². The summed E-state index contributed by atoms with van der Waals surface area (Å²) in [5.41, 5.74) is -4.04. The van der Waals surface area contributed by atoms with Gasteiger partial charge in [-0.2, -0.15) is 0 Å². The van der Waals surface area contributed by atoms with Gasteiger partial charge in [0.25, 0.3) is 0 Å². The molecule has 14 nitrogen and oxygen atoms in total. The Labute approximate surface area is 392 Å². The van der Waals surface area contributed by atoms with Crippen molar-refractivity contribution in [3.05, 3.63) is 24.3 Å². The first kappa shape index (κ1) is 53.2. The van der Waals surface area contributed by atoms with Crippen LogP contribution in [-0.2, 0) is 57.2 Å². The van der Waals surface area contributed by atoms with Gasteiger partial charge in [-0.25, -0.2) is 9.59 Å². The van der Waals surface area contributed by atoms with Crippen molar-refractivity contribution in [1.82, 2.24) is 0 Å². The Morgan fingerprint density at radius 2 is 0.939 bits per heavy atom. The maximum atomic E-state index is 13.3. The third-order valence-electron chi connectivity index (χ3n) is 15.0. The molecular formula is C52H80O14. The van der Waals surface area contributed by atoms with Crippen LogP contribution < -0.4 is 0 Å². The fraction of sp³-hybridized carbons (Fsp3) is 0.808. The molecule has 2 heterocycles. The van der Waals surface area contributed by atoms with Crippen molar-refractivity contribution in [2.24, 2.45) is 46.3 Å². The van der Waals surface area contributed by atoms with E-state index in [-0.39, 0.29) is 23.7 Å². The van der Waals surface area contributed by atoms with Crippen molar-refractivity contribution in [1.29, 1.82) is 0 Å². The van der Waals surface area contributed by atoms with Crippen LogP contribution in [0.5, 0.6) is 0 Å². The second-order valence-corrected chi connectivity index (χ2v) is 23.6. The Morgan fingerprint density at radius 1 is 0.591 bits per heavy atom. The summed E-state index contributed by atoms with van der Waals surface area (Å²) in [5.74, 6) is -2.80. The van der Waals surface area contributed by atoms with E-state index in [0.717, 1.165) is 25.7 Å². The molecule has 8 fully saturated rings. The second kappa shape index (κ2) is 19.7. The molecule has 14 heteroatoms. The van der Waals surface area contributed by atoms with Gasteiger partial charge < -0.3 is 38.6 Å². The maximum Gasteiger partial charge on any atom is 0.333 e. The quantitative estimate of drug-likeness (QED) is 0.0971. The maximum absolute atomic E-state index is 13.3. The summed E-state index contributed by atoms with van der Waals surface area (Å²) in [7, 11) is 0. The Kier molecular flexibility index (Phi) is 15.9. The monoisotopic (exact) mass is 929 g/mol. The van der Waals surface area contributed by atoms with Crippen LogP contribution in [0.1, 0.15) is 173 Å². The Balaban J connectivity index is 0.000000191. The largest absolute Gasteiger partial charge is 0.459 e. The molecule has 6 saturated carbocycles. The van der Waals surface area contributed by atoms with E-state index in [0.29, 0.717) is 48.7 Å². The standard InChI is InChI=1S/C22H30O6.C17H22O6.C9H18O.C4H10O/c1-12(2)18(23)26-16-13-10-15-17(16)27-19(24)22(15,11-13)20(25)28-21(3,4)14-8-6-5-7-9-14;1-8(2)13(18)21-11-9-6-10-12(11)22-14(19)17(10,7-9)15(20)23-16(3,4)5;1-9(2,10)8-6-4-3-5-7-8;1-4(2,3)5/h13-17H,1,5-11H2,2-4H3;9-12H,1,6-7H2,2-5H3;8,10H,3-7H2,1-2H3;5H,1-3H3. The number of fused-ring (bicyclic) bond motifs is 2. The number of ether oxygens (including phenoxy) is 6. The molecule has 2 N–H and O–H groups in total. The van der Waals surface area contributed by atoms with E-state index in [1.54, 1.807) is 55.4 Å². The highest BCUT2D eigenvalue weighted by Crippen LogP contribution is 2.64. The zero-order valence-electron chi connectivity index (χ0n) is 41.9. The molecule has 10 unspecified atom stereocenters. The van der Waals surface area contributed by atoms with Gasteiger partial charge in [0.1, 0.15) is 35.6 Å². The number of carbonyl (C=O) groups excluding carboxylic acids is 6. The summed E-state index contributed by atoms with van der Waals surface area (Å²) in [6.07, 6.45) is 11.9. The molecule has 0 radical (unpaired) electrons. The van der Waals surface area contributed by atoms with Gasteiger partial charge in [0, 0.05) is 34.8 Å². The van der Waals surface area contributed by atoms with E-state index in [2.05, 4.69) is 13.2 Å². The molecule has 66 heavy (non-hydrogen) atoms. The van der Waals surface area contributed by atoms with Crippen molar-refractivity contribution in [3.8, 4) is 0 Å². The van der Waals surface area contributed by atoms with Gasteiger partial charge in [-0.3, -0.25) is 19.2 Å². The minimum absolute atomic E-state index is 0.0601. The van der Waals surface area contributed by atoms with E-state index in [1.807, 2.05) is 27.7 Å². The van der Waals surface area contributed by atoms with Crippen LogP contribution in [0.2, 0.25) is 0 Å². The first-order valence-corrected chi connectivity index (χ1v) is 24.4. The lowest BCUT2D eigenvalue weighted by molar-refractivity contribution is -0.181. The lowest BCUT2D eigenvalue weighted by Crippen LogP contribution is -2.49. The highest BCUT2D eigenvalue weighted by Gasteiger charge is 2.77. The van der Waals surface area contributed by atoms with Gasteiger partial charge in [-0.15, -0.1) is 0 Å². The van der Waals surface area contributed by atoms with Crippen molar-refractivity contribution < 1.29 is 67.4 Å². The highest BCUT2D eigenvalue weighted by atomic mass is 16.6. The van der Waals surface area contributed by atoms with Gasteiger partial charge in [0.2, 0.25) is 0 Å². The van der Waals surface area contributed by atoms with E-state index in [4.69, 9.17) is 33.5 Å². The van der Waals surface area contributed by atoms with Crippen LogP contribution in [0.4, 0.5) is 0 Å². The number of hydrogen-bond donors (Lipinski definition) is 2. The molecule has 8 aliphatic rings. The first-order chi connectivity index (χ1) is 30.3. The van der Waals surface area contributed by atoms with Crippen molar-refractivity contribution >= 4 is 35.8 Å². The van der Waals surface area contributed by atoms with E-state index in [9.17, 15) is 33.9 Å². The molecule has 0 aromatic carbocycles. The molecule has 0 aromatic rings. The molecule has 4 bridgehead atoms. The summed E-state index contributed by atoms with van der Waals surface area (Å²) in [6.45, 7) is 28.6. The van der Waals surface area contributed by atoms with Crippen LogP contribution in [0.3, 0.4) is 0 Å². The molecule has 8 rings (SSSR count). The normalized spacial score (nSPS) is 33.1. The fourth-order valence-corrected chi connectivity index (χ4v) is 11.7. The van der Waals surface area contributed by atoms with Gasteiger partial charge >= 0.3 is 35.8 Å². The Morgan fingerprint density at radius 3 is 1.26 bits per heavy atom. The zero-order valence-corrected chi connectivity index (χ0v) is 41.9. The van der Waals surface area contributed by atoms with Gasteiger partial charge in [-0.1, -0.05) is 51.7 Å². The summed E-state index contributed by atoms with van der Waals surface area (Å²) < 4.78 is 33.4. The topological polar surface area (TPSA) is 198 Å². The fourth-order valence-electron chi connectivity index (χ4n) is 11.7. The van der Waals surface area contributed by atoms with Crippen LogP contribution in [0.25, 0.3) is 0 Å². The molecule has 2 saturated heterocycles. The van der Waals surface area contributed by atoms with Gasteiger partial charge in [-0.05, 0) is 146 Å². The zero-order chi connectivity index (χ0) is 49.5. The molecule has 0 aromatic heterocycles. The van der Waals surface area contributed by atoms with Crippen LogP contribution in [-0.4, -0.2) is 92.8 Å². The Hall–Kier alpha value is -3.78. The van der Waals surface area contributed by atoms with Crippen LogP contribution >= 0.6 is 0 Å². The third kappa shape index (κ3) is 11.4. The van der Waals surface area contributed by atoms with Crippen LogP contribution in [0, 0.1) is 46.3 Å². The molecule has 6 aliphatic carbocycles. The molecule has 0 spiro atoms. The number of hydrogen-bond acceptors (Lipinski definition) is 14. The summed E-state index contributed by atoms with van der Waals surface area (Å²) in [6, 6.07) is 0. The van der Waals surface area contributed by atoms with E-state index >= 15 is 0 Å². The predicted octanol–water partition coefficient (Wildman–Crippen LogP) is 8.21. The third-order valence-corrected chi connectivity index (χ3v) is 15.0. The average molecular weight is 929 g/mol. The van der Waals surface area contributed by atoms with Crippen molar-refractivity contribution in [2.45, 2.75) is 220 Å². The Bertz CT molecular complexity index is 1860. The minimum Gasteiger partial charge on any atom is -0.459 e. The first-order valence-electron chi connectivity index (χ1n) is 24.4. The highest BCUT2D eigenvalue weighted by molar-refractivity contribution is 6.04. The predicted molar refractivity (Wildman–Crippen MR) is 244 cm³/mol. The summed E-state index contributed by atoms with van der Waals surface area (Å²) in [4.78, 5) is 74.9. The number of carbonyl (C=O) groups is 6. The second-order valence-electron chi connectivity index (χ2n) is 23.6. The molecule has 10 atom stereocenters. The molecular weight excluding hydrogens is 849 g/mol. The molecule has 2 aliphatic heterocycles. The van der Waals surface area contributed by atoms with E-state index in [1.165, 1.54) is 38.5 Å². The number of esters is 6. The van der Waals surface area contributed by atoms with Gasteiger partial charge in [0.05, 0.1) is 11.2 Å². The SMILES string of the molecule is C=C(C)C(=O)OC1C2CC3C1OC(=O)C3(C(=O)OC(C)(C)C)C2.C=C(C)C(=O)OC1C2CC3C1OC(=O)C3(C(=O)OC(C)(C)C1CCCCC1)C2.CC(C)(C)O.CC(C)(O)C1CCCCC1. The smallest absolute Gasteiger partial charge is 0.333 e. The number of aliphatic hydroxyl groups is 2. The van der Waals surface area contributed by atoms with Crippen molar-refractivity contribution in [2.75, 3.05) is 0 Å². The summed E-state index contributed by atoms with van der Waals surface area (Å²) in [5, 5.41) is 18.2. The van der Waals surface area contributed by atoms with Crippen molar-refractivity contribution in [3.63, 3.8) is 0 Å². The minimum atomic E-state index is -1.23. The number of rotatable bonds is 9. The molecule has 0 amide bonds. The average Bonchev–Trinajstić information content (AvgIpc) is 4.01. The molecule has 372 valence electrons. The van der Waals surface area contributed by atoms with Gasteiger partial charge in [0.15, 0.2) is 10.8 Å². The lowest BCUT2D eigenvalue weighted by atomic mass is 9.73. The summed E-state index contributed by atoms with van der Waals surface area (Å²) >= 11 is 0.